The maximum absolute atomic E-state index is 4.77. The molecule has 2 aromatic heterocycles. The van der Waals surface area contributed by atoms with Crippen LogP contribution in [0.5, 0.6) is 0 Å². The molecule has 2 N–H and O–H groups in total. The number of piperidine rings is 1. The summed E-state index contributed by atoms with van der Waals surface area (Å²) in [5, 5.41) is 6.66. The Kier molecular flexibility index (Phi) is 7.91. The fourth-order valence-corrected chi connectivity index (χ4v) is 3.95. The molecular weight excluding hydrogens is 420 g/mol. The van der Waals surface area contributed by atoms with Gasteiger partial charge in [0.25, 0.3) is 0 Å². The SMILES string of the molecule is C1CCNCC1.C=C(c1ccc(C)cc1)N(c1ccnc(NC2CC2)n1)c1ccc(C)nc1C. The van der Waals surface area contributed by atoms with Crippen LogP contribution in [0.3, 0.4) is 0 Å². The molecule has 0 atom stereocenters. The summed E-state index contributed by atoms with van der Waals surface area (Å²) >= 11 is 0. The Hall–Kier alpha value is -3.25. The summed E-state index contributed by atoms with van der Waals surface area (Å²) in [6.45, 7) is 13.0. The van der Waals surface area contributed by atoms with Gasteiger partial charge in [-0.2, -0.15) is 4.98 Å². The van der Waals surface area contributed by atoms with Gasteiger partial charge >= 0.3 is 0 Å². The third kappa shape index (κ3) is 6.41. The van der Waals surface area contributed by atoms with Crippen LogP contribution in [-0.4, -0.2) is 34.1 Å². The standard InChI is InChI=1S/C23H25N5.C5H11N/c1-15-5-8-19(9-6-15)18(4)28(21-12-7-16(2)25-17(21)3)22-13-14-24-23(27-22)26-20-10-11-20;1-2-4-6-5-3-1/h5-9,12-14,20H,4,10-11H2,1-3H3,(H,24,26,27);6H,1-5H2. The molecule has 2 fully saturated rings. The van der Waals surface area contributed by atoms with Crippen molar-refractivity contribution in [3.05, 3.63) is 77.8 Å². The van der Waals surface area contributed by atoms with Crippen molar-refractivity contribution >= 4 is 23.2 Å². The fourth-order valence-electron chi connectivity index (χ4n) is 3.95. The number of aromatic nitrogens is 3. The molecule has 1 aliphatic carbocycles. The van der Waals surface area contributed by atoms with Crippen molar-refractivity contribution in [3.63, 3.8) is 0 Å². The van der Waals surface area contributed by atoms with Gasteiger partial charge in [0.15, 0.2) is 0 Å². The van der Waals surface area contributed by atoms with Crippen molar-refractivity contribution in [3.8, 4) is 0 Å². The largest absolute Gasteiger partial charge is 0.351 e. The fraction of sp³-hybridized carbons (Fsp3) is 0.393. The highest BCUT2D eigenvalue weighted by molar-refractivity contribution is 5.86. The highest BCUT2D eigenvalue weighted by Crippen LogP contribution is 2.35. The van der Waals surface area contributed by atoms with Crippen molar-refractivity contribution in [1.29, 1.82) is 0 Å². The Balaban J connectivity index is 0.000000398. The number of nitrogens with zero attached hydrogens (tertiary/aromatic N) is 4. The summed E-state index contributed by atoms with van der Waals surface area (Å²) in [7, 11) is 0. The van der Waals surface area contributed by atoms with Crippen LogP contribution in [0, 0.1) is 20.8 Å². The molecule has 2 aliphatic rings. The molecule has 0 radical (unpaired) electrons. The van der Waals surface area contributed by atoms with Gasteiger partial charge in [-0.15, -0.1) is 0 Å². The first-order chi connectivity index (χ1) is 16.5. The number of rotatable bonds is 6. The normalized spacial score (nSPS) is 15.1. The Morgan fingerprint density at radius 1 is 0.941 bits per heavy atom. The lowest BCUT2D eigenvalue weighted by molar-refractivity contribution is 0.520. The van der Waals surface area contributed by atoms with E-state index in [0.717, 1.165) is 34.2 Å². The Morgan fingerprint density at radius 2 is 1.68 bits per heavy atom. The van der Waals surface area contributed by atoms with Gasteiger partial charge in [0.2, 0.25) is 5.95 Å². The molecule has 0 spiro atoms. The van der Waals surface area contributed by atoms with Crippen LogP contribution in [0.25, 0.3) is 5.70 Å². The number of hydrogen-bond acceptors (Lipinski definition) is 6. The van der Waals surface area contributed by atoms with Gasteiger partial charge in [0, 0.05) is 23.6 Å². The zero-order chi connectivity index (χ0) is 23.9. The number of nitrogens with one attached hydrogen (secondary N) is 2. The zero-order valence-electron chi connectivity index (χ0n) is 20.6. The van der Waals surface area contributed by atoms with Gasteiger partial charge in [-0.05, 0) is 83.3 Å². The first-order valence-electron chi connectivity index (χ1n) is 12.3. The van der Waals surface area contributed by atoms with Crippen molar-refractivity contribution in [2.45, 2.75) is 58.9 Å². The quantitative estimate of drug-likeness (QED) is 0.478. The molecular formula is C28H36N6. The van der Waals surface area contributed by atoms with Crippen LogP contribution < -0.4 is 15.5 Å². The predicted octanol–water partition coefficient (Wildman–Crippen LogP) is 5.94. The molecule has 1 saturated carbocycles. The van der Waals surface area contributed by atoms with Gasteiger partial charge in [0.05, 0.1) is 11.4 Å². The minimum absolute atomic E-state index is 0.492. The predicted molar refractivity (Wildman–Crippen MR) is 141 cm³/mol. The highest BCUT2D eigenvalue weighted by atomic mass is 15.2. The van der Waals surface area contributed by atoms with Gasteiger partial charge in [-0.25, -0.2) is 4.98 Å². The van der Waals surface area contributed by atoms with Gasteiger partial charge in [0.1, 0.15) is 5.82 Å². The summed E-state index contributed by atoms with van der Waals surface area (Å²) in [6, 6.07) is 14.9. The lowest BCUT2D eigenvalue weighted by Crippen LogP contribution is -2.21. The molecule has 34 heavy (non-hydrogen) atoms. The second-order valence-corrected chi connectivity index (χ2v) is 9.17. The number of benzene rings is 1. The summed E-state index contributed by atoms with van der Waals surface area (Å²) < 4.78 is 0. The summed E-state index contributed by atoms with van der Waals surface area (Å²) in [5.41, 5.74) is 6.00. The number of pyridine rings is 1. The lowest BCUT2D eigenvalue weighted by atomic mass is 10.1. The van der Waals surface area contributed by atoms with Crippen LogP contribution in [0.2, 0.25) is 0 Å². The average molecular weight is 457 g/mol. The number of aryl methyl sites for hydroxylation is 3. The molecule has 3 aromatic rings. The van der Waals surface area contributed by atoms with E-state index < -0.39 is 0 Å². The van der Waals surface area contributed by atoms with E-state index in [0.29, 0.717) is 12.0 Å². The molecule has 0 bridgehead atoms. The monoisotopic (exact) mass is 456 g/mol. The van der Waals surface area contributed by atoms with Gasteiger partial charge < -0.3 is 10.6 Å². The third-order valence-electron chi connectivity index (χ3n) is 6.08. The molecule has 1 aromatic carbocycles. The molecule has 0 unspecified atom stereocenters. The van der Waals surface area contributed by atoms with E-state index in [1.54, 1.807) is 6.20 Å². The van der Waals surface area contributed by atoms with Crippen molar-refractivity contribution in [2.24, 2.45) is 0 Å². The topological polar surface area (TPSA) is 66.0 Å². The molecule has 0 amide bonds. The molecule has 3 heterocycles. The van der Waals surface area contributed by atoms with E-state index in [9.17, 15) is 0 Å². The van der Waals surface area contributed by atoms with Crippen LogP contribution in [0.1, 0.15) is 54.6 Å². The van der Waals surface area contributed by atoms with E-state index in [2.05, 4.69) is 69.3 Å². The minimum atomic E-state index is 0.492. The Bertz CT molecular complexity index is 1090. The van der Waals surface area contributed by atoms with Crippen LogP contribution in [-0.2, 0) is 0 Å². The van der Waals surface area contributed by atoms with Crippen LogP contribution in [0.4, 0.5) is 17.5 Å². The van der Waals surface area contributed by atoms with Crippen molar-refractivity contribution in [2.75, 3.05) is 23.3 Å². The average Bonchev–Trinajstić information content (AvgIpc) is 3.67. The van der Waals surface area contributed by atoms with E-state index in [-0.39, 0.29) is 0 Å². The second kappa shape index (κ2) is 11.3. The maximum atomic E-state index is 4.77. The summed E-state index contributed by atoms with van der Waals surface area (Å²) in [6.07, 6.45) is 8.36. The van der Waals surface area contributed by atoms with Crippen molar-refractivity contribution < 1.29 is 0 Å². The maximum Gasteiger partial charge on any atom is 0.224 e. The summed E-state index contributed by atoms with van der Waals surface area (Å²) in [5.74, 6) is 1.43. The van der Waals surface area contributed by atoms with Gasteiger partial charge in [-0.3, -0.25) is 9.88 Å². The zero-order valence-corrected chi connectivity index (χ0v) is 20.6. The van der Waals surface area contributed by atoms with E-state index in [1.807, 2.05) is 26.0 Å². The second-order valence-electron chi connectivity index (χ2n) is 9.17. The van der Waals surface area contributed by atoms with E-state index in [1.165, 1.54) is 50.8 Å². The molecule has 6 nitrogen and oxygen atoms in total. The number of anilines is 3. The Morgan fingerprint density at radius 3 is 2.26 bits per heavy atom. The molecule has 1 aliphatic heterocycles. The first-order valence-corrected chi connectivity index (χ1v) is 12.3. The van der Waals surface area contributed by atoms with E-state index >= 15 is 0 Å². The van der Waals surface area contributed by atoms with Crippen molar-refractivity contribution in [1.82, 2.24) is 20.3 Å². The molecule has 1 saturated heterocycles. The first kappa shape index (κ1) is 23.9. The number of hydrogen-bond donors (Lipinski definition) is 2. The van der Waals surface area contributed by atoms with Crippen LogP contribution in [0.15, 0.2) is 55.2 Å². The van der Waals surface area contributed by atoms with Gasteiger partial charge in [-0.1, -0.05) is 42.8 Å². The third-order valence-corrected chi connectivity index (χ3v) is 6.08. The lowest BCUT2D eigenvalue weighted by Gasteiger charge is -2.27. The smallest absolute Gasteiger partial charge is 0.224 e. The Labute approximate surface area is 203 Å². The van der Waals surface area contributed by atoms with Crippen LogP contribution >= 0.6 is 0 Å². The molecule has 178 valence electrons. The highest BCUT2D eigenvalue weighted by Gasteiger charge is 2.23. The molecule has 6 heteroatoms. The summed E-state index contributed by atoms with van der Waals surface area (Å²) in [4.78, 5) is 15.9. The minimum Gasteiger partial charge on any atom is -0.351 e. The molecule has 5 rings (SSSR count). The van der Waals surface area contributed by atoms with E-state index in [4.69, 9.17) is 4.98 Å².